The molecule has 0 heterocycles. The summed E-state index contributed by atoms with van der Waals surface area (Å²) in [5, 5.41) is 44.8. The third-order valence-electron chi connectivity index (χ3n) is 1.74. The molecule has 0 aliphatic rings. The second-order valence-electron chi connectivity index (χ2n) is 3.09. The molecule has 0 aliphatic carbocycles. The van der Waals surface area contributed by atoms with Crippen molar-refractivity contribution in [2.45, 2.75) is 31.3 Å². The standard InChI is InChI=1S/C8H14O8/c1-3(10)16-8(15)7(14)6(13)5(12)4(11)2-9/h4-7,9,11-14H,2H2,1H3/t4-,5-,6+,7+/m1/s1. The molecule has 0 aliphatic heterocycles. The summed E-state index contributed by atoms with van der Waals surface area (Å²) in [4.78, 5) is 21.3. The Bertz CT molecular complexity index is 252. The largest absolute Gasteiger partial charge is 0.394 e. The lowest BCUT2D eigenvalue weighted by Crippen LogP contribution is -2.49. The van der Waals surface area contributed by atoms with Crippen LogP contribution in [-0.2, 0) is 14.3 Å². The van der Waals surface area contributed by atoms with E-state index in [0.29, 0.717) is 0 Å². The van der Waals surface area contributed by atoms with Crippen molar-refractivity contribution in [2.75, 3.05) is 6.61 Å². The van der Waals surface area contributed by atoms with Crippen LogP contribution in [0.4, 0.5) is 0 Å². The number of ether oxygens (including phenoxy) is 1. The molecular weight excluding hydrogens is 224 g/mol. The Kier molecular flexibility index (Phi) is 6.08. The first-order valence-electron chi connectivity index (χ1n) is 4.36. The Morgan fingerprint density at radius 3 is 2.00 bits per heavy atom. The van der Waals surface area contributed by atoms with Crippen molar-refractivity contribution in [1.82, 2.24) is 0 Å². The Labute approximate surface area is 90.7 Å². The Hall–Kier alpha value is -1.06. The molecule has 0 unspecified atom stereocenters. The maximum absolute atomic E-state index is 10.9. The van der Waals surface area contributed by atoms with Gasteiger partial charge in [0, 0.05) is 6.92 Å². The fraction of sp³-hybridized carbons (Fsp3) is 0.750. The summed E-state index contributed by atoms with van der Waals surface area (Å²) in [5.74, 6) is -2.45. The van der Waals surface area contributed by atoms with Crippen LogP contribution in [-0.4, -0.2) is 68.5 Å². The van der Waals surface area contributed by atoms with Crippen LogP contribution in [0.25, 0.3) is 0 Å². The highest BCUT2D eigenvalue weighted by Gasteiger charge is 2.35. The van der Waals surface area contributed by atoms with Crippen LogP contribution >= 0.6 is 0 Å². The number of hydrogen-bond donors (Lipinski definition) is 5. The molecule has 5 N–H and O–H groups in total. The average molecular weight is 238 g/mol. The van der Waals surface area contributed by atoms with Crippen LogP contribution in [0.2, 0.25) is 0 Å². The summed E-state index contributed by atoms with van der Waals surface area (Å²) in [6.07, 6.45) is -7.94. The van der Waals surface area contributed by atoms with E-state index in [-0.39, 0.29) is 0 Å². The monoisotopic (exact) mass is 238 g/mol. The van der Waals surface area contributed by atoms with Gasteiger partial charge in [0.25, 0.3) is 0 Å². The number of carbonyl (C=O) groups excluding carboxylic acids is 2. The lowest BCUT2D eigenvalue weighted by molar-refractivity contribution is -0.175. The normalized spacial score (nSPS) is 18.4. The van der Waals surface area contributed by atoms with Gasteiger partial charge in [0.15, 0.2) is 6.10 Å². The molecule has 0 radical (unpaired) electrons. The first-order chi connectivity index (χ1) is 7.31. The van der Waals surface area contributed by atoms with Gasteiger partial charge in [-0.2, -0.15) is 0 Å². The number of rotatable bonds is 5. The molecule has 0 aromatic rings. The smallest absolute Gasteiger partial charge is 0.345 e. The summed E-state index contributed by atoms with van der Waals surface area (Å²) in [5.41, 5.74) is 0. The van der Waals surface area contributed by atoms with E-state index in [1.807, 2.05) is 0 Å². The molecule has 0 saturated carbocycles. The van der Waals surface area contributed by atoms with Crippen LogP contribution in [0.1, 0.15) is 6.92 Å². The predicted molar refractivity (Wildman–Crippen MR) is 47.9 cm³/mol. The minimum atomic E-state index is -2.19. The highest BCUT2D eigenvalue weighted by Crippen LogP contribution is 2.06. The molecule has 0 spiro atoms. The molecule has 8 heteroatoms. The fourth-order valence-corrected chi connectivity index (χ4v) is 0.864. The molecule has 0 fully saturated rings. The number of aliphatic hydroxyl groups is 5. The third kappa shape index (κ3) is 4.21. The maximum atomic E-state index is 10.9. The molecule has 4 atom stereocenters. The van der Waals surface area contributed by atoms with E-state index in [0.717, 1.165) is 6.92 Å². The van der Waals surface area contributed by atoms with Crippen molar-refractivity contribution in [1.29, 1.82) is 0 Å². The molecule has 94 valence electrons. The number of carbonyl (C=O) groups is 2. The van der Waals surface area contributed by atoms with Crippen molar-refractivity contribution in [3.05, 3.63) is 0 Å². The van der Waals surface area contributed by atoms with Crippen molar-refractivity contribution in [3.63, 3.8) is 0 Å². The molecule has 0 aromatic carbocycles. The van der Waals surface area contributed by atoms with E-state index >= 15 is 0 Å². The van der Waals surface area contributed by atoms with Gasteiger partial charge in [-0.3, -0.25) is 4.79 Å². The zero-order valence-corrected chi connectivity index (χ0v) is 8.48. The number of aliphatic hydroxyl groups excluding tert-OH is 5. The van der Waals surface area contributed by atoms with Crippen molar-refractivity contribution in [3.8, 4) is 0 Å². The minimum Gasteiger partial charge on any atom is -0.394 e. The molecule has 8 nitrogen and oxygen atoms in total. The molecule has 0 bridgehead atoms. The number of hydrogen-bond acceptors (Lipinski definition) is 8. The van der Waals surface area contributed by atoms with E-state index in [9.17, 15) is 14.7 Å². The van der Waals surface area contributed by atoms with E-state index in [1.165, 1.54) is 0 Å². The summed E-state index contributed by atoms with van der Waals surface area (Å²) < 4.78 is 3.95. The lowest BCUT2D eigenvalue weighted by Gasteiger charge is -2.23. The van der Waals surface area contributed by atoms with Gasteiger partial charge in [0.2, 0.25) is 0 Å². The van der Waals surface area contributed by atoms with Crippen LogP contribution < -0.4 is 0 Å². The minimum absolute atomic E-state index is 0.868. The van der Waals surface area contributed by atoms with Crippen LogP contribution in [0.3, 0.4) is 0 Å². The Morgan fingerprint density at radius 2 is 1.62 bits per heavy atom. The molecule has 16 heavy (non-hydrogen) atoms. The average Bonchev–Trinajstić information content (AvgIpc) is 2.23. The number of esters is 2. The highest BCUT2D eigenvalue weighted by atomic mass is 16.6. The summed E-state index contributed by atoms with van der Waals surface area (Å²) in [7, 11) is 0. The fourth-order valence-electron chi connectivity index (χ4n) is 0.864. The van der Waals surface area contributed by atoms with Gasteiger partial charge in [0.05, 0.1) is 6.61 Å². The predicted octanol–water partition coefficient (Wildman–Crippen LogP) is -3.49. The quantitative estimate of drug-likeness (QED) is 0.245. The van der Waals surface area contributed by atoms with Gasteiger partial charge in [-0.25, -0.2) is 4.79 Å². The molecule has 0 amide bonds. The second-order valence-corrected chi connectivity index (χ2v) is 3.09. The van der Waals surface area contributed by atoms with Crippen molar-refractivity contribution < 1.29 is 39.9 Å². The molecule has 0 rings (SSSR count). The van der Waals surface area contributed by atoms with Gasteiger partial charge >= 0.3 is 11.9 Å². The van der Waals surface area contributed by atoms with Gasteiger partial charge in [-0.1, -0.05) is 0 Å². The molecule has 0 saturated heterocycles. The zero-order valence-electron chi connectivity index (χ0n) is 8.48. The van der Waals surface area contributed by atoms with Gasteiger partial charge in [0.1, 0.15) is 18.3 Å². The van der Waals surface area contributed by atoms with Crippen LogP contribution in [0, 0.1) is 0 Å². The van der Waals surface area contributed by atoms with Crippen LogP contribution in [0.15, 0.2) is 0 Å². The van der Waals surface area contributed by atoms with Crippen LogP contribution in [0.5, 0.6) is 0 Å². The SMILES string of the molecule is CC(=O)OC(=O)[C@@H](O)[C@@H](O)[C@H](O)[C@H](O)CO. The van der Waals surface area contributed by atoms with Gasteiger partial charge in [-0.05, 0) is 0 Å². The maximum Gasteiger partial charge on any atom is 0.345 e. The van der Waals surface area contributed by atoms with E-state index in [1.54, 1.807) is 0 Å². The molecule has 0 aromatic heterocycles. The summed E-state index contributed by atoms with van der Waals surface area (Å²) in [6, 6.07) is 0. The molecular formula is C8H14O8. The topological polar surface area (TPSA) is 145 Å². The lowest BCUT2D eigenvalue weighted by atomic mass is 10.0. The summed E-state index contributed by atoms with van der Waals surface area (Å²) >= 11 is 0. The summed E-state index contributed by atoms with van der Waals surface area (Å²) in [6.45, 7) is 0.0443. The third-order valence-corrected chi connectivity index (χ3v) is 1.74. The van der Waals surface area contributed by atoms with E-state index in [4.69, 9.17) is 20.4 Å². The van der Waals surface area contributed by atoms with Gasteiger partial charge in [-0.15, -0.1) is 0 Å². The van der Waals surface area contributed by atoms with E-state index in [2.05, 4.69) is 4.74 Å². The second kappa shape index (κ2) is 6.51. The van der Waals surface area contributed by atoms with Crippen molar-refractivity contribution in [2.24, 2.45) is 0 Å². The van der Waals surface area contributed by atoms with Crippen molar-refractivity contribution >= 4 is 11.9 Å². The highest BCUT2D eigenvalue weighted by molar-refractivity contribution is 5.87. The Balaban J connectivity index is 4.42. The zero-order chi connectivity index (χ0) is 12.9. The van der Waals surface area contributed by atoms with E-state index < -0.39 is 43.0 Å². The first-order valence-corrected chi connectivity index (χ1v) is 4.36. The van der Waals surface area contributed by atoms with Gasteiger partial charge < -0.3 is 30.3 Å². The Morgan fingerprint density at radius 1 is 1.12 bits per heavy atom. The first kappa shape index (κ1) is 14.9.